The summed E-state index contributed by atoms with van der Waals surface area (Å²) < 4.78 is 16.1. The minimum atomic E-state index is -1.65. The molecule has 2 fully saturated rings. The van der Waals surface area contributed by atoms with E-state index in [2.05, 4.69) is 0 Å². The van der Waals surface area contributed by atoms with Crippen LogP contribution in [0.25, 0.3) is 0 Å². The molecule has 1 aromatic rings. The van der Waals surface area contributed by atoms with E-state index in [1.54, 1.807) is 6.08 Å². The van der Waals surface area contributed by atoms with E-state index in [-0.39, 0.29) is 11.3 Å². The number of amides is 2. The number of anilines is 1. The van der Waals surface area contributed by atoms with Crippen LogP contribution in [0.2, 0.25) is 0 Å². The molecule has 4 rings (SSSR count). The summed E-state index contributed by atoms with van der Waals surface area (Å²) in [6, 6.07) is 5.43. The van der Waals surface area contributed by atoms with Gasteiger partial charge in [0.05, 0.1) is 29.2 Å². The third-order valence-electron chi connectivity index (χ3n) is 5.34. The van der Waals surface area contributed by atoms with Gasteiger partial charge in [-0.05, 0) is 24.3 Å². The number of carbonyl (C=O) groups is 5. The van der Waals surface area contributed by atoms with Gasteiger partial charge in [0.15, 0.2) is 5.60 Å². The number of carboxylic acid groups (broad SMARTS) is 1. The van der Waals surface area contributed by atoms with E-state index in [1.807, 2.05) is 0 Å². The lowest BCUT2D eigenvalue weighted by atomic mass is 9.76. The van der Waals surface area contributed by atoms with Crippen molar-refractivity contribution in [1.29, 1.82) is 0 Å². The van der Waals surface area contributed by atoms with Crippen LogP contribution in [0.4, 0.5) is 5.69 Å². The van der Waals surface area contributed by atoms with Crippen molar-refractivity contribution in [2.45, 2.75) is 31.8 Å². The Morgan fingerprint density at radius 1 is 1.13 bits per heavy atom. The summed E-state index contributed by atoms with van der Waals surface area (Å²) in [7, 11) is 0. The second-order valence-electron chi connectivity index (χ2n) is 7.22. The average Bonchev–Trinajstić information content (AvgIpc) is 3.32. The van der Waals surface area contributed by atoms with Gasteiger partial charge < -0.3 is 19.3 Å². The second kappa shape index (κ2) is 6.77. The highest BCUT2D eigenvalue weighted by molar-refractivity contribution is 6.23. The molecule has 0 aromatic heterocycles. The van der Waals surface area contributed by atoms with Crippen molar-refractivity contribution in [3.63, 3.8) is 0 Å². The van der Waals surface area contributed by atoms with Crippen LogP contribution in [0.1, 0.15) is 24.2 Å². The molecule has 0 radical (unpaired) electrons. The molecule has 3 aliphatic rings. The lowest BCUT2D eigenvalue weighted by molar-refractivity contribution is -0.226. The first-order valence-electron chi connectivity index (χ1n) is 9.08. The smallest absolute Gasteiger partial charge is 0.335 e. The molecule has 10 nitrogen and oxygen atoms in total. The number of carbonyl (C=O) groups excluding carboxylic acids is 4. The fourth-order valence-electron chi connectivity index (χ4n) is 4.25. The van der Waals surface area contributed by atoms with Gasteiger partial charge in [-0.15, -0.1) is 0 Å². The van der Waals surface area contributed by atoms with Gasteiger partial charge in [-0.25, -0.2) is 9.69 Å². The maximum Gasteiger partial charge on any atom is 0.335 e. The van der Waals surface area contributed by atoms with Crippen LogP contribution in [-0.2, 0) is 33.4 Å². The van der Waals surface area contributed by atoms with E-state index in [0.717, 1.165) is 18.7 Å². The van der Waals surface area contributed by atoms with Crippen LogP contribution in [0, 0.1) is 11.8 Å². The molecule has 3 heterocycles. The van der Waals surface area contributed by atoms with E-state index >= 15 is 0 Å². The molecule has 10 heteroatoms. The van der Waals surface area contributed by atoms with Crippen molar-refractivity contribution in [1.82, 2.24) is 0 Å². The Morgan fingerprint density at radius 2 is 1.80 bits per heavy atom. The Hall–Kier alpha value is -3.53. The maximum absolute atomic E-state index is 13.3. The molecule has 2 amide bonds. The summed E-state index contributed by atoms with van der Waals surface area (Å²) >= 11 is 0. The number of imide groups is 1. The maximum atomic E-state index is 13.3. The van der Waals surface area contributed by atoms with Crippen molar-refractivity contribution >= 4 is 35.4 Å². The van der Waals surface area contributed by atoms with Gasteiger partial charge in [0.1, 0.15) is 0 Å². The zero-order chi connectivity index (χ0) is 21.8. The number of carboxylic acids is 1. The Balaban J connectivity index is 1.75. The molecule has 2 saturated heterocycles. The second-order valence-corrected chi connectivity index (χ2v) is 7.22. The number of aromatic carboxylic acids is 1. The first-order valence-corrected chi connectivity index (χ1v) is 9.08. The number of hydrogen-bond acceptors (Lipinski definition) is 8. The van der Waals surface area contributed by atoms with Gasteiger partial charge in [-0.1, -0.05) is 12.1 Å². The van der Waals surface area contributed by atoms with Gasteiger partial charge >= 0.3 is 17.9 Å². The predicted octanol–water partition coefficient (Wildman–Crippen LogP) is 0.650. The molecule has 2 bridgehead atoms. The molecular weight excluding hydrogens is 398 g/mol. The molecule has 4 atom stereocenters. The zero-order valence-electron chi connectivity index (χ0n) is 15.9. The topological polar surface area (TPSA) is 137 Å². The van der Waals surface area contributed by atoms with Crippen molar-refractivity contribution < 1.29 is 43.3 Å². The fourth-order valence-corrected chi connectivity index (χ4v) is 4.25. The number of rotatable bonds is 5. The predicted molar refractivity (Wildman–Crippen MR) is 96.9 cm³/mol. The van der Waals surface area contributed by atoms with E-state index in [4.69, 9.17) is 14.2 Å². The summed E-state index contributed by atoms with van der Waals surface area (Å²) in [5.74, 6) is -6.01. The molecule has 156 valence electrons. The van der Waals surface area contributed by atoms with Gasteiger partial charge in [0.25, 0.3) is 6.29 Å². The van der Waals surface area contributed by atoms with E-state index in [0.29, 0.717) is 0 Å². The fraction of sp³-hybridized carbons (Fsp3) is 0.350. The highest BCUT2D eigenvalue weighted by atomic mass is 16.7. The summed E-state index contributed by atoms with van der Waals surface area (Å²) in [6.45, 7) is 2.22. The molecule has 0 spiro atoms. The molecule has 0 aliphatic carbocycles. The van der Waals surface area contributed by atoms with E-state index in [1.165, 1.54) is 30.3 Å². The van der Waals surface area contributed by atoms with Crippen LogP contribution < -0.4 is 4.90 Å². The van der Waals surface area contributed by atoms with Crippen LogP contribution in [0.5, 0.6) is 0 Å². The normalized spacial score (nSPS) is 28.8. The first kappa shape index (κ1) is 19.8. The first-order chi connectivity index (χ1) is 14.2. The molecule has 0 unspecified atom stereocenters. The largest absolute Gasteiger partial charge is 0.478 e. The number of ether oxygens (including phenoxy) is 3. The summed E-state index contributed by atoms with van der Waals surface area (Å²) in [5.41, 5.74) is -1.64. The number of hydrogen-bond donors (Lipinski definition) is 1. The highest BCUT2D eigenvalue weighted by Crippen LogP contribution is 2.54. The minimum absolute atomic E-state index is 0.0880. The van der Waals surface area contributed by atoms with Gasteiger partial charge in [0.2, 0.25) is 11.8 Å². The molecule has 30 heavy (non-hydrogen) atoms. The zero-order valence-corrected chi connectivity index (χ0v) is 15.9. The Labute approximate surface area is 170 Å². The Kier molecular flexibility index (Phi) is 4.46. The third kappa shape index (κ3) is 2.79. The van der Waals surface area contributed by atoms with Gasteiger partial charge in [-0.3, -0.25) is 19.2 Å². The van der Waals surface area contributed by atoms with Crippen molar-refractivity contribution in [3.8, 4) is 0 Å². The summed E-state index contributed by atoms with van der Waals surface area (Å²) in [4.78, 5) is 61.7. The Bertz CT molecular complexity index is 999. The molecule has 1 aromatic carbocycles. The van der Waals surface area contributed by atoms with E-state index in [9.17, 15) is 29.1 Å². The summed E-state index contributed by atoms with van der Waals surface area (Å²) in [5, 5.41) is 9.21. The Morgan fingerprint density at radius 3 is 2.40 bits per heavy atom. The van der Waals surface area contributed by atoms with Crippen LogP contribution >= 0.6 is 0 Å². The standard InChI is InChI=1S/C20H17NO9/c1-9(22)28-19(29-10(2)23)20-7-6-13(30-20)14-15(20)17(25)21(16(14)24)12-5-3-4-11(8-12)18(26)27/h3-8,13-15,19H,1-2H3,(H,26,27)/t13-,14+,15-,20-/m1/s1. The number of benzene rings is 1. The van der Waals surface area contributed by atoms with Gasteiger partial charge in [-0.2, -0.15) is 0 Å². The number of nitrogens with zero attached hydrogens (tertiary/aromatic N) is 1. The van der Waals surface area contributed by atoms with Gasteiger partial charge in [0, 0.05) is 13.8 Å². The third-order valence-corrected chi connectivity index (χ3v) is 5.34. The highest BCUT2D eigenvalue weighted by Gasteiger charge is 2.72. The van der Waals surface area contributed by atoms with Crippen molar-refractivity contribution in [3.05, 3.63) is 42.0 Å². The average molecular weight is 415 g/mol. The number of esters is 2. The molecule has 0 saturated carbocycles. The van der Waals surface area contributed by atoms with Crippen molar-refractivity contribution in [2.24, 2.45) is 11.8 Å². The van der Waals surface area contributed by atoms with Crippen molar-refractivity contribution in [2.75, 3.05) is 4.90 Å². The quantitative estimate of drug-likeness (QED) is 0.318. The van der Waals surface area contributed by atoms with Crippen LogP contribution in [-0.4, -0.2) is 52.8 Å². The lowest BCUT2D eigenvalue weighted by Crippen LogP contribution is -2.52. The van der Waals surface area contributed by atoms with Crippen LogP contribution in [0.15, 0.2) is 36.4 Å². The molecule has 1 N–H and O–H groups in total. The monoisotopic (exact) mass is 415 g/mol. The minimum Gasteiger partial charge on any atom is -0.478 e. The summed E-state index contributed by atoms with van der Waals surface area (Å²) in [6.07, 6.45) is 0.680. The molecular formula is C20H17NO9. The molecule has 3 aliphatic heterocycles. The van der Waals surface area contributed by atoms with Crippen LogP contribution in [0.3, 0.4) is 0 Å². The lowest BCUT2D eigenvalue weighted by Gasteiger charge is -2.34. The SMILES string of the molecule is CC(=O)OC(OC(C)=O)[C@]12C=C[C@@H](O1)[C@@H]1C(=O)N(c3cccc(C(=O)O)c3)C(=O)[C@@H]12. The van der Waals surface area contributed by atoms with E-state index < -0.39 is 59.6 Å². The number of fused-ring (bicyclic) bond motifs is 5.